The van der Waals surface area contributed by atoms with E-state index >= 15 is 0 Å². The van der Waals surface area contributed by atoms with Crippen molar-refractivity contribution in [3.63, 3.8) is 0 Å². The van der Waals surface area contributed by atoms with Crippen LogP contribution in [0, 0.1) is 0 Å². The molecule has 21 heavy (non-hydrogen) atoms. The normalized spacial score (nSPS) is 36.4. The smallest absolute Gasteiger partial charge is 0.115 e. The van der Waals surface area contributed by atoms with Crippen molar-refractivity contribution in [1.29, 1.82) is 0 Å². The van der Waals surface area contributed by atoms with E-state index in [1.165, 1.54) is 0 Å². The molecule has 0 saturated heterocycles. The standard InChI is InChI=1S/C15H20O6/c1-2-8-3-5-9(6-4-8)7-21-15-13(19)11(17)10(16)12(18)14(15)20/h2-6,10-20H,1,7H2/t10?,11-,12-,13-,14+,15?/m1/s1. The zero-order chi connectivity index (χ0) is 15.6. The van der Waals surface area contributed by atoms with Gasteiger partial charge in [0.05, 0.1) is 6.61 Å². The second kappa shape index (κ2) is 6.65. The van der Waals surface area contributed by atoms with Crippen LogP contribution < -0.4 is 0 Å². The summed E-state index contributed by atoms with van der Waals surface area (Å²) >= 11 is 0. The summed E-state index contributed by atoms with van der Waals surface area (Å²) in [4.78, 5) is 0. The second-order valence-corrected chi connectivity index (χ2v) is 5.17. The lowest BCUT2D eigenvalue weighted by Crippen LogP contribution is -2.64. The largest absolute Gasteiger partial charge is 0.387 e. The third kappa shape index (κ3) is 3.32. The molecule has 1 fully saturated rings. The van der Waals surface area contributed by atoms with Crippen molar-refractivity contribution in [2.75, 3.05) is 0 Å². The van der Waals surface area contributed by atoms with Crippen molar-refractivity contribution < 1.29 is 30.3 Å². The molecular weight excluding hydrogens is 276 g/mol. The lowest BCUT2D eigenvalue weighted by Gasteiger charge is -2.41. The molecule has 0 spiro atoms. The van der Waals surface area contributed by atoms with E-state index < -0.39 is 36.6 Å². The Bertz CT molecular complexity index is 458. The predicted octanol–water partition coefficient (Wildman–Crippen LogP) is -0.967. The van der Waals surface area contributed by atoms with Crippen molar-refractivity contribution in [2.45, 2.75) is 43.2 Å². The summed E-state index contributed by atoms with van der Waals surface area (Å²) in [6, 6.07) is 7.29. The summed E-state index contributed by atoms with van der Waals surface area (Å²) in [5.74, 6) is 0. The van der Waals surface area contributed by atoms with Crippen LogP contribution in [-0.2, 0) is 11.3 Å². The van der Waals surface area contributed by atoms with E-state index in [4.69, 9.17) is 4.74 Å². The van der Waals surface area contributed by atoms with Crippen molar-refractivity contribution in [2.24, 2.45) is 0 Å². The first-order valence-corrected chi connectivity index (χ1v) is 6.69. The summed E-state index contributed by atoms with van der Waals surface area (Å²) in [6.45, 7) is 3.74. The minimum absolute atomic E-state index is 0.0890. The van der Waals surface area contributed by atoms with Crippen LogP contribution >= 0.6 is 0 Å². The summed E-state index contributed by atoms with van der Waals surface area (Å²) in [5.41, 5.74) is 1.75. The number of rotatable bonds is 4. The summed E-state index contributed by atoms with van der Waals surface area (Å²) in [5, 5.41) is 48.4. The van der Waals surface area contributed by atoms with E-state index in [-0.39, 0.29) is 6.61 Å². The molecule has 5 N–H and O–H groups in total. The highest BCUT2D eigenvalue weighted by atomic mass is 16.5. The van der Waals surface area contributed by atoms with Crippen molar-refractivity contribution in [3.05, 3.63) is 42.0 Å². The van der Waals surface area contributed by atoms with E-state index in [9.17, 15) is 25.5 Å². The monoisotopic (exact) mass is 296 g/mol. The quantitative estimate of drug-likeness (QED) is 0.489. The van der Waals surface area contributed by atoms with Gasteiger partial charge in [0, 0.05) is 0 Å². The maximum atomic E-state index is 9.84. The Labute approximate surface area is 122 Å². The molecule has 0 aliphatic heterocycles. The molecule has 116 valence electrons. The van der Waals surface area contributed by atoms with Crippen molar-refractivity contribution >= 4 is 6.08 Å². The fourth-order valence-electron chi connectivity index (χ4n) is 2.34. The van der Waals surface area contributed by atoms with Gasteiger partial charge in [-0.05, 0) is 11.1 Å². The first-order chi connectivity index (χ1) is 9.95. The maximum absolute atomic E-state index is 9.84. The Balaban J connectivity index is 2.01. The van der Waals surface area contributed by atoms with Crippen LogP contribution in [0.5, 0.6) is 0 Å². The van der Waals surface area contributed by atoms with Gasteiger partial charge in [-0.3, -0.25) is 0 Å². The summed E-state index contributed by atoms with van der Waals surface area (Å²) in [7, 11) is 0. The third-order valence-electron chi connectivity index (χ3n) is 3.73. The van der Waals surface area contributed by atoms with E-state index in [2.05, 4.69) is 6.58 Å². The number of ether oxygens (including phenoxy) is 1. The van der Waals surface area contributed by atoms with Crippen LogP contribution in [0.3, 0.4) is 0 Å². The molecule has 1 aliphatic carbocycles. The molecule has 1 saturated carbocycles. The number of hydrogen-bond donors (Lipinski definition) is 5. The lowest BCUT2D eigenvalue weighted by molar-refractivity contribution is -0.237. The SMILES string of the molecule is C=Cc1ccc(COC2[C@@H](O)[C@H](O)C(O)[C@@H](O)[C@H]2O)cc1. The second-order valence-electron chi connectivity index (χ2n) is 5.17. The Morgan fingerprint density at radius 3 is 1.81 bits per heavy atom. The molecule has 1 aromatic carbocycles. The van der Waals surface area contributed by atoms with E-state index in [0.29, 0.717) is 0 Å². The Morgan fingerprint density at radius 1 is 0.857 bits per heavy atom. The van der Waals surface area contributed by atoms with Gasteiger partial charge in [-0.15, -0.1) is 0 Å². The Hall–Kier alpha value is -1.28. The van der Waals surface area contributed by atoms with Crippen molar-refractivity contribution in [1.82, 2.24) is 0 Å². The molecule has 2 unspecified atom stereocenters. The zero-order valence-corrected chi connectivity index (χ0v) is 11.4. The molecule has 6 atom stereocenters. The average molecular weight is 296 g/mol. The van der Waals surface area contributed by atoms with Crippen LogP contribution in [0.15, 0.2) is 30.8 Å². The summed E-state index contributed by atoms with van der Waals surface area (Å²) < 4.78 is 5.40. The van der Waals surface area contributed by atoms with E-state index in [1.54, 1.807) is 18.2 Å². The van der Waals surface area contributed by atoms with Gasteiger partial charge in [0.25, 0.3) is 0 Å². The van der Waals surface area contributed by atoms with Crippen LogP contribution in [-0.4, -0.2) is 62.2 Å². The molecule has 0 aromatic heterocycles. The van der Waals surface area contributed by atoms with Gasteiger partial charge in [-0.2, -0.15) is 0 Å². The zero-order valence-electron chi connectivity index (χ0n) is 11.4. The first-order valence-electron chi connectivity index (χ1n) is 6.69. The van der Waals surface area contributed by atoms with Gasteiger partial charge in [0.2, 0.25) is 0 Å². The number of aliphatic hydroxyl groups excluding tert-OH is 5. The Kier molecular flexibility index (Phi) is 5.10. The number of hydrogen-bond acceptors (Lipinski definition) is 6. The number of aliphatic hydroxyl groups is 5. The van der Waals surface area contributed by atoms with Gasteiger partial charge in [-0.1, -0.05) is 36.9 Å². The van der Waals surface area contributed by atoms with Crippen LogP contribution in [0.25, 0.3) is 6.08 Å². The minimum atomic E-state index is -1.61. The van der Waals surface area contributed by atoms with Gasteiger partial charge >= 0.3 is 0 Å². The highest BCUT2D eigenvalue weighted by molar-refractivity contribution is 5.47. The number of benzene rings is 1. The van der Waals surface area contributed by atoms with Crippen molar-refractivity contribution in [3.8, 4) is 0 Å². The minimum Gasteiger partial charge on any atom is -0.387 e. The fraction of sp³-hybridized carbons (Fsp3) is 0.467. The van der Waals surface area contributed by atoms with E-state index in [0.717, 1.165) is 11.1 Å². The Morgan fingerprint density at radius 2 is 1.33 bits per heavy atom. The highest BCUT2D eigenvalue weighted by Crippen LogP contribution is 2.24. The maximum Gasteiger partial charge on any atom is 0.115 e. The third-order valence-corrected chi connectivity index (χ3v) is 3.73. The topological polar surface area (TPSA) is 110 Å². The van der Waals surface area contributed by atoms with Gasteiger partial charge in [0.1, 0.15) is 36.6 Å². The average Bonchev–Trinajstić information content (AvgIpc) is 2.51. The molecule has 0 heterocycles. The van der Waals surface area contributed by atoms with Gasteiger partial charge in [-0.25, -0.2) is 0 Å². The molecular formula is C15H20O6. The molecule has 6 nitrogen and oxygen atoms in total. The molecule has 0 bridgehead atoms. The predicted molar refractivity (Wildman–Crippen MR) is 75.1 cm³/mol. The van der Waals surface area contributed by atoms with Crippen LogP contribution in [0.4, 0.5) is 0 Å². The lowest BCUT2D eigenvalue weighted by atomic mass is 9.85. The van der Waals surface area contributed by atoms with Crippen LogP contribution in [0.2, 0.25) is 0 Å². The van der Waals surface area contributed by atoms with Gasteiger partial charge in [0.15, 0.2) is 0 Å². The summed E-state index contributed by atoms with van der Waals surface area (Å²) in [6.07, 6.45) is -7.20. The van der Waals surface area contributed by atoms with E-state index in [1.807, 2.05) is 12.1 Å². The molecule has 2 rings (SSSR count). The first kappa shape index (κ1) is 16.1. The highest BCUT2D eigenvalue weighted by Gasteiger charge is 2.48. The molecule has 1 aliphatic rings. The molecule has 0 amide bonds. The molecule has 1 aromatic rings. The van der Waals surface area contributed by atoms with Gasteiger partial charge < -0.3 is 30.3 Å². The van der Waals surface area contributed by atoms with Crippen LogP contribution in [0.1, 0.15) is 11.1 Å². The molecule has 6 heteroatoms. The fourth-order valence-corrected chi connectivity index (χ4v) is 2.34. The molecule has 0 radical (unpaired) electrons.